The van der Waals surface area contributed by atoms with E-state index in [1.807, 2.05) is 39.0 Å². The highest BCUT2D eigenvalue weighted by atomic mass is 35.5. The van der Waals surface area contributed by atoms with Crippen LogP contribution in [0.4, 0.5) is 5.69 Å². The van der Waals surface area contributed by atoms with E-state index in [1.165, 1.54) is 22.5 Å². The van der Waals surface area contributed by atoms with Gasteiger partial charge in [-0.1, -0.05) is 23.7 Å². The molecule has 1 amide bonds. The van der Waals surface area contributed by atoms with Crippen LogP contribution < -0.4 is 5.32 Å². The van der Waals surface area contributed by atoms with Gasteiger partial charge in [-0.3, -0.25) is 4.79 Å². The number of hydrogen-bond donors (Lipinski definition) is 1. The number of halogens is 1. The van der Waals surface area contributed by atoms with E-state index < -0.39 is 15.9 Å². The second-order valence-corrected chi connectivity index (χ2v) is 9.39. The number of rotatable bonds is 4. The molecule has 1 aliphatic rings. The van der Waals surface area contributed by atoms with Crippen LogP contribution in [0.5, 0.6) is 0 Å². The molecule has 3 rings (SSSR count). The minimum absolute atomic E-state index is 0.0348. The smallest absolute Gasteiger partial charge is 0.257 e. The van der Waals surface area contributed by atoms with Crippen molar-refractivity contribution in [1.29, 1.82) is 0 Å². The van der Waals surface area contributed by atoms with Crippen LogP contribution in [0.1, 0.15) is 29.8 Å². The van der Waals surface area contributed by atoms with Gasteiger partial charge in [0.2, 0.25) is 10.0 Å². The fraction of sp³-hybridized carbons (Fsp3) is 0.350. The van der Waals surface area contributed by atoms with Gasteiger partial charge >= 0.3 is 0 Å². The van der Waals surface area contributed by atoms with Gasteiger partial charge in [0.25, 0.3) is 5.91 Å². The molecule has 1 saturated heterocycles. The van der Waals surface area contributed by atoms with E-state index >= 15 is 0 Å². The summed E-state index contributed by atoms with van der Waals surface area (Å²) in [6, 6.07) is 11.5. The number of nitrogens with zero attached hydrogens (tertiary/aromatic N) is 1. The minimum atomic E-state index is -3.77. The maximum atomic E-state index is 13.1. The molecule has 0 bridgehead atoms. The zero-order valence-corrected chi connectivity index (χ0v) is 17.5. The van der Waals surface area contributed by atoms with Gasteiger partial charge in [0.05, 0.1) is 27.7 Å². The number of amides is 1. The molecule has 0 radical (unpaired) electrons. The Morgan fingerprint density at radius 1 is 1.14 bits per heavy atom. The highest BCUT2D eigenvalue weighted by Crippen LogP contribution is 2.26. The van der Waals surface area contributed by atoms with Crippen molar-refractivity contribution in [2.75, 3.05) is 18.4 Å². The molecule has 0 spiro atoms. The van der Waals surface area contributed by atoms with E-state index in [2.05, 4.69) is 5.32 Å². The van der Waals surface area contributed by atoms with Crippen LogP contribution in [-0.2, 0) is 14.8 Å². The highest BCUT2D eigenvalue weighted by molar-refractivity contribution is 7.89. The van der Waals surface area contributed by atoms with Crippen LogP contribution in [-0.4, -0.2) is 43.9 Å². The molecule has 2 aromatic carbocycles. The number of anilines is 1. The Kier molecular flexibility index (Phi) is 6.09. The third-order valence-electron chi connectivity index (χ3n) is 4.48. The molecule has 1 heterocycles. The Balaban J connectivity index is 1.89. The van der Waals surface area contributed by atoms with Crippen LogP contribution >= 0.6 is 11.6 Å². The van der Waals surface area contributed by atoms with Gasteiger partial charge in [0, 0.05) is 18.8 Å². The van der Waals surface area contributed by atoms with Crippen molar-refractivity contribution >= 4 is 33.2 Å². The predicted molar refractivity (Wildman–Crippen MR) is 109 cm³/mol. The van der Waals surface area contributed by atoms with E-state index in [4.69, 9.17) is 16.3 Å². The number of morpholine rings is 1. The molecule has 2 atom stereocenters. The minimum Gasteiger partial charge on any atom is -0.373 e. The van der Waals surface area contributed by atoms with Gasteiger partial charge < -0.3 is 10.1 Å². The molecule has 1 fully saturated rings. The van der Waals surface area contributed by atoms with Crippen molar-refractivity contribution in [2.45, 2.75) is 37.9 Å². The largest absolute Gasteiger partial charge is 0.373 e. The van der Waals surface area contributed by atoms with Crippen LogP contribution in [0.2, 0.25) is 5.02 Å². The number of nitrogens with one attached hydrogen (secondary N) is 1. The second kappa shape index (κ2) is 8.21. The first-order valence-corrected chi connectivity index (χ1v) is 10.8. The number of hydrogen-bond acceptors (Lipinski definition) is 4. The van der Waals surface area contributed by atoms with Gasteiger partial charge in [-0.2, -0.15) is 4.31 Å². The quantitative estimate of drug-likeness (QED) is 0.815. The molecule has 28 heavy (non-hydrogen) atoms. The summed E-state index contributed by atoms with van der Waals surface area (Å²) in [4.78, 5) is 12.7. The topological polar surface area (TPSA) is 75.7 Å². The summed E-state index contributed by atoms with van der Waals surface area (Å²) in [6.45, 7) is 6.11. The monoisotopic (exact) mass is 422 g/mol. The molecule has 0 unspecified atom stereocenters. The summed E-state index contributed by atoms with van der Waals surface area (Å²) in [5, 5.41) is 2.95. The average Bonchev–Trinajstić information content (AvgIpc) is 2.61. The molecular formula is C20H23ClN2O4S. The number of carbonyl (C=O) groups excluding carboxylic acids is 1. The van der Waals surface area contributed by atoms with Crippen LogP contribution in [0.25, 0.3) is 0 Å². The number of carbonyl (C=O) groups is 1. The lowest BCUT2D eigenvalue weighted by molar-refractivity contribution is -0.0440. The highest BCUT2D eigenvalue weighted by Gasteiger charge is 2.32. The molecule has 8 heteroatoms. The lowest BCUT2D eigenvalue weighted by Crippen LogP contribution is -2.48. The van der Waals surface area contributed by atoms with Crippen molar-refractivity contribution in [3.8, 4) is 0 Å². The lowest BCUT2D eigenvalue weighted by atomic mass is 10.2. The fourth-order valence-corrected chi connectivity index (χ4v) is 5.06. The first-order chi connectivity index (χ1) is 13.2. The second-order valence-electron chi connectivity index (χ2n) is 7.04. The standard InChI is InChI=1S/C20H23ClN2O4S/c1-13-5-4-6-16(9-13)22-20(24)18-10-17(7-8-19(18)21)28(25,26)23-11-14(2)27-15(3)12-23/h4-10,14-15H,11-12H2,1-3H3,(H,22,24)/t14-,15-/m1/s1. The predicted octanol–water partition coefficient (Wildman–Crippen LogP) is 3.70. The molecule has 0 saturated carbocycles. The Morgan fingerprint density at radius 2 is 1.82 bits per heavy atom. The first kappa shape index (κ1) is 20.8. The number of ether oxygens (including phenoxy) is 1. The van der Waals surface area contributed by atoms with E-state index in [0.717, 1.165) is 5.56 Å². The Labute approximate surface area is 170 Å². The van der Waals surface area contributed by atoms with Gasteiger partial charge in [-0.15, -0.1) is 0 Å². The molecule has 0 aromatic heterocycles. The van der Waals surface area contributed by atoms with Gasteiger partial charge in [-0.05, 0) is 56.7 Å². The summed E-state index contributed by atoms with van der Waals surface area (Å²) >= 11 is 6.18. The fourth-order valence-electron chi connectivity index (χ4n) is 3.24. The van der Waals surface area contributed by atoms with E-state index in [0.29, 0.717) is 5.69 Å². The molecule has 2 aromatic rings. The molecule has 0 aliphatic carbocycles. The van der Waals surface area contributed by atoms with Crippen molar-refractivity contribution < 1.29 is 17.9 Å². The van der Waals surface area contributed by atoms with Crippen molar-refractivity contribution in [3.05, 3.63) is 58.6 Å². The van der Waals surface area contributed by atoms with E-state index in [1.54, 1.807) is 6.07 Å². The SMILES string of the molecule is Cc1cccc(NC(=O)c2cc(S(=O)(=O)N3C[C@@H](C)O[C@H](C)C3)ccc2Cl)c1. The average molecular weight is 423 g/mol. The molecule has 150 valence electrons. The molecule has 1 N–H and O–H groups in total. The lowest BCUT2D eigenvalue weighted by Gasteiger charge is -2.34. The molecular weight excluding hydrogens is 400 g/mol. The van der Waals surface area contributed by atoms with Crippen molar-refractivity contribution in [2.24, 2.45) is 0 Å². The summed E-state index contributed by atoms with van der Waals surface area (Å²) in [7, 11) is -3.77. The molecule has 1 aliphatic heterocycles. The number of aryl methyl sites for hydroxylation is 1. The van der Waals surface area contributed by atoms with Crippen molar-refractivity contribution in [3.63, 3.8) is 0 Å². The van der Waals surface area contributed by atoms with Crippen molar-refractivity contribution in [1.82, 2.24) is 4.31 Å². The van der Waals surface area contributed by atoms with E-state index in [9.17, 15) is 13.2 Å². The Bertz CT molecular complexity index is 983. The van der Waals surface area contributed by atoms with Crippen LogP contribution in [0.3, 0.4) is 0 Å². The van der Waals surface area contributed by atoms with Gasteiger partial charge in [-0.25, -0.2) is 8.42 Å². The Morgan fingerprint density at radius 3 is 2.46 bits per heavy atom. The Hall–Kier alpha value is -1.93. The van der Waals surface area contributed by atoms with Crippen LogP contribution in [0, 0.1) is 6.92 Å². The van der Waals surface area contributed by atoms with Gasteiger partial charge in [0.1, 0.15) is 0 Å². The summed E-state index contributed by atoms with van der Waals surface area (Å²) < 4.78 is 33.1. The number of sulfonamides is 1. The zero-order chi connectivity index (χ0) is 20.5. The third-order valence-corrected chi connectivity index (χ3v) is 6.64. The normalized spacial score (nSPS) is 20.7. The summed E-state index contributed by atoms with van der Waals surface area (Å²) in [6.07, 6.45) is -0.398. The third kappa shape index (κ3) is 4.55. The summed E-state index contributed by atoms with van der Waals surface area (Å²) in [5.41, 5.74) is 1.72. The van der Waals surface area contributed by atoms with Gasteiger partial charge in [0.15, 0.2) is 0 Å². The molecule has 6 nitrogen and oxygen atoms in total. The summed E-state index contributed by atoms with van der Waals surface area (Å²) in [5.74, 6) is -0.462. The first-order valence-electron chi connectivity index (χ1n) is 9.00. The maximum absolute atomic E-state index is 13.1. The van der Waals surface area contributed by atoms with Crippen LogP contribution in [0.15, 0.2) is 47.4 Å². The zero-order valence-electron chi connectivity index (χ0n) is 16.0. The number of benzene rings is 2. The van der Waals surface area contributed by atoms with E-state index in [-0.39, 0.29) is 40.8 Å². The maximum Gasteiger partial charge on any atom is 0.257 e.